The van der Waals surface area contributed by atoms with Gasteiger partial charge in [0, 0.05) is 34.6 Å². The molecule has 1 aliphatic rings. The van der Waals surface area contributed by atoms with Gasteiger partial charge in [0.1, 0.15) is 0 Å². The zero-order chi connectivity index (χ0) is 13.9. The topological polar surface area (TPSA) is 62.8 Å². The van der Waals surface area contributed by atoms with Crippen molar-refractivity contribution in [3.05, 3.63) is 41.1 Å². The first kappa shape index (κ1) is 11.3. The highest BCUT2D eigenvalue weighted by Gasteiger charge is 2.24. The molecule has 0 radical (unpaired) electrons. The molecule has 0 unspecified atom stereocenters. The highest BCUT2D eigenvalue weighted by molar-refractivity contribution is 6.17. The van der Waals surface area contributed by atoms with Crippen molar-refractivity contribution in [1.29, 1.82) is 0 Å². The fraction of sp³-hybridized carbons (Fsp3) is 0.188. The van der Waals surface area contributed by atoms with Crippen molar-refractivity contribution in [3.8, 4) is 0 Å². The normalized spacial score (nSPS) is 14.2. The van der Waals surface area contributed by atoms with Gasteiger partial charge in [0.05, 0.1) is 11.0 Å². The number of aromatic amines is 1. The molecule has 98 valence electrons. The average Bonchev–Trinajstić information content (AvgIpc) is 2.98. The lowest BCUT2D eigenvalue weighted by atomic mass is 10.0. The fourth-order valence-corrected chi connectivity index (χ4v) is 3.12. The number of ketones is 2. The molecule has 2 heterocycles. The molecule has 20 heavy (non-hydrogen) atoms. The molecule has 1 aromatic carbocycles. The third-order valence-electron chi connectivity index (χ3n) is 4.04. The van der Waals surface area contributed by atoms with E-state index in [1.165, 1.54) is 0 Å². The molecule has 0 bridgehead atoms. The number of nitrogens with zero attached hydrogens (tertiary/aromatic N) is 1. The van der Waals surface area contributed by atoms with Crippen LogP contribution in [-0.2, 0) is 6.42 Å². The second kappa shape index (κ2) is 3.76. The van der Waals surface area contributed by atoms with Gasteiger partial charge in [-0.05, 0) is 37.1 Å². The van der Waals surface area contributed by atoms with Crippen LogP contribution in [0, 0.1) is 0 Å². The Morgan fingerprint density at radius 3 is 2.90 bits per heavy atom. The number of hydrogen-bond acceptors (Lipinski definition) is 3. The van der Waals surface area contributed by atoms with E-state index in [-0.39, 0.29) is 11.6 Å². The highest BCUT2D eigenvalue weighted by atomic mass is 16.1. The summed E-state index contributed by atoms with van der Waals surface area (Å²) in [5.74, 6) is 0.204. The minimum Gasteiger partial charge on any atom is -0.353 e. The van der Waals surface area contributed by atoms with Crippen molar-refractivity contribution in [2.24, 2.45) is 0 Å². The zero-order valence-electron chi connectivity index (χ0n) is 11.0. The van der Waals surface area contributed by atoms with E-state index in [0.717, 1.165) is 39.5 Å². The van der Waals surface area contributed by atoms with Gasteiger partial charge >= 0.3 is 0 Å². The van der Waals surface area contributed by atoms with Crippen molar-refractivity contribution >= 4 is 33.5 Å². The van der Waals surface area contributed by atoms with Crippen LogP contribution in [0.2, 0.25) is 0 Å². The summed E-state index contributed by atoms with van der Waals surface area (Å²) in [6, 6.07) is 5.50. The minimum atomic E-state index is 0.0108. The van der Waals surface area contributed by atoms with E-state index in [2.05, 4.69) is 9.97 Å². The van der Waals surface area contributed by atoms with Crippen LogP contribution in [0.4, 0.5) is 0 Å². The number of nitrogens with one attached hydrogen (secondary N) is 1. The number of H-pyrrole nitrogens is 1. The first-order valence-electron chi connectivity index (χ1n) is 6.63. The molecule has 1 aliphatic carbocycles. The summed E-state index contributed by atoms with van der Waals surface area (Å²) in [6.45, 7) is 1.55. The average molecular weight is 264 g/mol. The van der Waals surface area contributed by atoms with E-state index in [0.29, 0.717) is 12.0 Å². The first-order valence-corrected chi connectivity index (χ1v) is 6.63. The Morgan fingerprint density at radius 2 is 2.10 bits per heavy atom. The summed E-state index contributed by atoms with van der Waals surface area (Å²) in [5.41, 5.74) is 5.00. The molecular weight excluding hydrogens is 252 g/mol. The predicted octanol–water partition coefficient (Wildman–Crippen LogP) is 3.05. The van der Waals surface area contributed by atoms with Crippen LogP contribution >= 0.6 is 0 Å². The van der Waals surface area contributed by atoms with Gasteiger partial charge < -0.3 is 4.98 Å². The quantitative estimate of drug-likeness (QED) is 0.687. The Morgan fingerprint density at radius 1 is 1.25 bits per heavy atom. The van der Waals surface area contributed by atoms with Crippen molar-refractivity contribution < 1.29 is 9.59 Å². The van der Waals surface area contributed by atoms with Crippen LogP contribution in [0.5, 0.6) is 0 Å². The van der Waals surface area contributed by atoms with E-state index in [1.807, 2.05) is 12.1 Å². The SMILES string of the molecule is CC(=O)c1ccnc2c1[nH]c1ccc3c(c12)CCC3=O. The third-order valence-corrected chi connectivity index (χ3v) is 4.04. The minimum absolute atomic E-state index is 0.0108. The number of rotatable bonds is 1. The lowest BCUT2D eigenvalue weighted by Gasteiger charge is -2.00. The molecule has 3 aromatic rings. The first-order chi connectivity index (χ1) is 9.66. The Balaban J connectivity index is 2.20. The number of hydrogen-bond donors (Lipinski definition) is 1. The maximum atomic E-state index is 11.9. The Bertz CT molecular complexity index is 906. The van der Waals surface area contributed by atoms with E-state index in [1.54, 1.807) is 19.2 Å². The van der Waals surface area contributed by atoms with Gasteiger partial charge in [-0.2, -0.15) is 0 Å². The molecule has 0 fully saturated rings. The number of aryl methyl sites for hydroxylation is 1. The summed E-state index contributed by atoms with van der Waals surface area (Å²) in [6.07, 6.45) is 2.97. The van der Waals surface area contributed by atoms with Crippen molar-refractivity contribution in [2.45, 2.75) is 19.8 Å². The summed E-state index contributed by atoms with van der Waals surface area (Å²) in [4.78, 5) is 31.3. The molecule has 0 atom stereocenters. The predicted molar refractivity (Wildman–Crippen MR) is 76.3 cm³/mol. The number of benzene rings is 1. The maximum Gasteiger partial charge on any atom is 0.163 e. The molecule has 0 aliphatic heterocycles. The van der Waals surface area contributed by atoms with Gasteiger partial charge in [-0.3, -0.25) is 14.6 Å². The van der Waals surface area contributed by atoms with Crippen LogP contribution in [0.15, 0.2) is 24.4 Å². The van der Waals surface area contributed by atoms with Crippen LogP contribution < -0.4 is 0 Å². The zero-order valence-corrected chi connectivity index (χ0v) is 11.0. The van der Waals surface area contributed by atoms with Gasteiger partial charge in [-0.25, -0.2) is 0 Å². The van der Waals surface area contributed by atoms with Crippen LogP contribution in [0.3, 0.4) is 0 Å². The van der Waals surface area contributed by atoms with Crippen molar-refractivity contribution in [1.82, 2.24) is 9.97 Å². The van der Waals surface area contributed by atoms with Gasteiger partial charge in [0.2, 0.25) is 0 Å². The summed E-state index contributed by atoms with van der Waals surface area (Å²) >= 11 is 0. The molecular formula is C16H12N2O2. The van der Waals surface area contributed by atoms with E-state index in [4.69, 9.17) is 0 Å². The van der Waals surface area contributed by atoms with E-state index < -0.39 is 0 Å². The summed E-state index contributed by atoms with van der Waals surface area (Å²) in [5, 5.41) is 0.992. The number of carbonyl (C=O) groups excluding carboxylic acids is 2. The Hall–Kier alpha value is -2.49. The van der Waals surface area contributed by atoms with Crippen molar-refractivity contribution in [3.63, 3.8) is 0 Å². The monoisotopic (exact) mass is 264 g/mol. The number of Topliss-reactive ketones (excluding diaryl/α,β-unsaturated/α-hetero) is 2. The second-order valence-corrected chi connectivity index (χ2v) is 5.20. The van der Waals surface area contributed by atoms with E-state index in [9.17, 15) is 9.59 Å². The molecule has 4 rings (SSSR count). The smallest absolute Gasteiger partial charge is 0.163 e. The molecule has 4 nitrogen and oxygen atoms in total. The van der Waals surface area contributed by atoms with Gasteiger partial charge in [-0.15, -0.1) is 0 Å². The number of fused-ring (bicyclic) bond motifs is 5. The van der Waals surface area contributed by atoms with Gasteiger partial charge in [0.15, 0.2) is 11.6 Å². The van der Waals surface area contributed by atoms with Crippen molar-refractivity contribution in [2.75, 3.05) is 0 Å². The summed E-state index contributed by atoms with van der Waals surface area (Å²) in [7, 11) is 0. The lowest BCUT2D eigenvalue weighted by Crippen LogP contribution is -1.94. The largest absolute Gasteiger partial charge is 0.353 e. The lowest BCUT2D eigenvalue weighted by molar-refractivity contribution is 0.0991. The molecule has 2 aromatic heterocycles. The van der Waals surface area contributed by atoms with Crippen LogP contribution in [-0.4, -0.2) is 21.5 Å². The number of aromatic nitrogens is 2. The Kier molecular flexibility index (Phi) is 2.13. The standard InChI is InChI=1S/C16H12N2O2/c1-8(19)9-6-7-17-16-14-11-3-5-13(20)10(11)2-4-12(14)18-15(9)16/h2,4,6-7,18H,3,5H2,1H3. The molecule has 0 saturated carbocycles. The molecule has 0 amide bonds. The second-order valence-electron chi connectivity index (χ2n) is 5.20. The summed E-state index contributed by atoms with van der Waals surface area (Å²) < 4.78 is 0. The van der Waals surface area contributed by atoms with E-state index >= 15 is 0 Å². The highest BCUT2D eigenvalue weighted by Crippen LogP contribution is 2.34. The number of carbonyl (C=O) groups is 2. The van der Waals surface area contributed by atoms with Crippen LogP contribution in [0.25, 0.3) is 21.9 Å². The Labute approximate surface area is 114 Å². The fourth-order valence-electron chi connectivity index (χ4n) is 3.12. The molecule has 0 saturated heterocycles. The third kappa shape index (κ3) is 1.33. The molecule has 4 heteroatoms. The number of pyridine rings is 1. The van der Waals surface area contributed by atoms with Gasteiger partial charge in [-0.1, -0.05) is 0 Å². The van der Waals surface area contributed by atoms with Gasteiger partial charge in [0.25, 0.3) is 0 Å². The molecule has 1 N–H and O–H groups in total. The van der Waals surface area contributed by atoms with Crippen LogP contribution in [0.1, 0.15) is 39.6 Å². The molecule has 0 spiro atoms. The maximum absolute atomic E-state index is 11.9.